The van der Waals surface area contributed by atoms with Gasteiger partial charge in [0, 0.05) is 12.8 Å². The van der Waals surface area contributed by atoms with E-state index in [1.165, 1.54) is 12.1 Å². The molecule has 0 bridgehead atoms. The lowest BCUT2D eigenvalue weighted by Crippen LogP contribution is -2.20. The minimum atomic E-state index is -3.82. The Bertz CT molecular complexity index is 973. The number of aromatic nitrogens is 1. The average molecular weight is 440 g/mol. The Balaban J connectivity index is 1.86. The van der Waals surface area contributed by atoms with Crippen molar-refractivity contribution in [3.05, 3.63) is 45.2 Å². The maximum atomic E-state index is 14.1. The summed E-state index contributed by atoms with van der Waals surface area (Å²) in [6.45, 7) is 8.63. The van der Waals surface area contributed by atoms with Gasteiger partial charge in [-0.25, -0.2) is 17.8 Å². The van der Waals surface area contributed by atoms with Crippen LogP contribution in [-0.2, 0) is 38.8 Å². The standard InChI is InChI=1S/C21H26FNO4S2/c1-12(2)16-7-14(22)8-17(13(3)4)18(16)9-15(24)11-29(25,26)21-23-19-5-6-27-10-20(19)28-21/h7-8,12-13H,5-6,9-11H2,1-4H3. The van der Waals surface area contributed by atoms with Gasteiger partial charge in [-0.15, -0.1) is 11.3 Å². The van der Waals surface area contributed by atoms with E-state index in [9.17, 15) is 17.6 Å². The van der Waals surface area contributed by atoms with E-state index in [0.29, 0.717) is 19.6 Å². The average Bonchev–Trinajstić information content (AvgIpc) is 3.07. The molecule has 0 saturated heterocycles. The second kappa shape index (κ2) is 8.62. The molecule has 0 unspecified atom stereocenters. The summed E-state index contributed by atoms with van der Waals surface area (Å²) in [5.41, 5.74) is 2.99. The van der Waals surface area contributed by atoms with Crippen molar-refractivity contribution in [2.45, 2.75) is 63.3 Å². The molecule has 0 aliphatic carbocycles. The first-order chi connectivity index (χ1) is 13.6. The van der Waals surface area contributed by atoms with E-state index in [-0.39, 0.29) is 28.4 Å². The van der Waals surface area contributed by atoms with Gasteiger partial charge < -0.3 is 4.74 Å². The van der Waals surface area contributed by atoms with Crippen LogP contribution in [0.15, 0.2) is 16.5 Å². The van der Waals surface area contributed by atoms with Crippen molar-refractivity contribution in [2.75, 3.05) is 12.4 Å². The molecule has 0 saturated carbocycles. The first kappa shape index (κ1) is 22.1. The maximum Gasteiger partial charge on any atom is 0.212 e. The van der Waals surface area contributed by atoms with Gasteiger partial charge in [-0.3, -0.25) is 4.79 Å². The second-order valence-electron chi connectivity index (χ2n) is 8.00. The molecule has 0 N–H and O–H groups in total. The molecule has 1 aliphatic rings. The largest absolute Gasteiger partial charge is 0.375 e. The molecule has 1 aliphatic heterocycles. The molecule has 29 heavy (non-hydrogen) atoms. The second-order valence-corrected chi connectivity index (χ2v) is 11.2. The number of halogens is 1. The van der Waals surface area contributed by atoms with Crippen molar-refractivity contribution in [3.63, 3.8) is 0 Å². The molecule has 0 amide bonds. The Labute approximate surface area is 175 Å². The van der Waals surface area contributed by atoms with Crippen LogP contribution in [0.2, 0.25) is 0 Å². The summed E-state index contributed by atoms with van der Waals surface area (Å²) in [6, 6.07) is 2.89. The van der Waals surface area contributed by atoms with E-state index in [1.54, 1.807) is 0 Å². The lowest BCUT2D eigenvalue weighted by Gasteiger charge is -2.19. The Morgan fingerprint density at radius 1 is 1.21 bits per heavy atom. The number of rotatable bonds is 7. The first-order valence-electron chi connectivity index (χ1n) is 9.71. The summed E-state index contributed by atoms with van der Waals surface area (Å²) in [6.07, 6.45) is 0.551. The van der Waals surface area contributed by atoms with Gasteiger partial charge in [0.15, 0.2) is 5.78 Å². The predicted molar refractivity (Wildman–Crippen MR) is 111 cm³/mol. The zero-order valence-electron chi connectivity index (χ0n) is 17.1. The third-order valence-electron chi connectivity index (χ3n) is 4.99. The van der Waals surface area contributed by atoms with E-state index < -0.39 is 21.4 Å². The molecule has 0 radical (unpaired) electrons. The molecular formula is C21H26FNO4S2. The van der Waals surface area contributed by atoms with Gasteiger partial charge in [0.1, 0.15) is 11.6 Å². The van der Waals surface area contributed by atoms with E-state index in [2.05, 4.69) is 4.98 Å². The number of sulfone groups is 1. The number of carbonyl (C=O) groups is 1. The quantitative estimate of drug-likeness (QED) is 0.647. The van der Waals surface area contributed by atoms with Crippen LogP contribution in [0, 0.1) is 5.82 Å². The number of thiazole rings is 1. The Hall–Kier alpha value is -1.64. The van der Waals surface area contributed by atoms with Crippen molar-refractivity contribution in [3.8, 4) is 0 Å². The van der Waals surface area contributed by atoms with Crippen LogP contribution in [0.1, 0.15) is 66.8 Å². The number of nitrogens with zero attached hydrogens (tertiary/aromatic N) is 1. The van der Waals surface area contributed by atoms with E-state index in [0.717, 1.165) is 38.6 Å². The topological polar surface area (TPSA) is 73.3 Å². The van der Waals surface area contributed by atoms with Crippen LogP contribution in [0.25, 0.3) is 0 Å². The Morgan fingerprint density at radius 3 is 2.38 bits per heavy atom. The summed E-state index contributed by atoms with van der Waals surface area (Å²) >= 11 is 1.08. The molecule has 1 aromatic heterocycles. The first-order valence-corrected chi connectivity index (χ1v) is 12.2. The highest BCUT2D eigenvalue weighted by Gasteiger charge is 2.28. The highest BCUT2D eigenvalue weighted by Crippen LogP contribution is 2.31. The highest BCUT2D eigenvalue weighted by atomic mass is 32.2. The van der Waals surface area contributed by atoms with Crippen LogP contribution >= 0.6 is 11.3 Å². The van der Waals surface area contributed by atoms with Gasteiger partial charge in [-0.05, 0) is 40.7 Å². The Kier molecular flexibility index (Phi) is 6.55. The number of hydrogen-bond acceptors (Lipinski definition) is 6. The summed E-state index contributed by atoms with van der Waals surface area (Å²) in [7, 11) is -3.82. The van der Waals surface area contributed by atoms with Gasteiger partial charge in [-0.1, -0.05) is 27.7 Å². The lowest BCUT2D eigenvalue weighted by atomic mass is 9.86. The van der Waals surface area contributed by atoms with Crippen molar-refractivity contribution < 1.29 is 22.3 Å². The normalized spacial score (nSPS) is 14.4. The number of ether oxygens (including phenoxy) is 1. The molecule has 5 nitrogen and oxygen atoms in total. The predicted octanol–water partition coefficient (Wildman–Crippen LogP) is 4.19. The molecule has 1 aromatic carbocycles. The third kappa shape index (κ3) is 4.92. The fraction of sp³-hybridized carbons (Fsp3) is 0.524. The minimum absolute atomic E-state index is 0.0198. The van der Waals surface area contributed by atoms with Crippen LogP contribution in [0.3, 0.4) is 0 Å². The lowest BCUT2D eigenvalue weighted by molar-refractivity contribution is -0.116. The number of fused-ring (bicyclic) bond motifs is 1. The smallest absolute Gasteiger partial charge is 0.212 e. The molecule has 8 heteroatoms. The number of ketones is 1. The summed E-state index contributed by atoms with van der Waals surface area (Å²) < 4.78 is 44.9. The molecule has 0 spiro atoms. The number of Topliss-reactive ketones (excluding diaryl/α,β-unsaturated/α-hetero) is 1. The van der Waals surface area contributed by atoms with Gasteiger partial charge in [0.25, 0.3) is 0 Å². The van der Waals surface area contributed by atoms with Crippen LogP contribution in [-0.4, -0.2) is 31.5 Å². The monoisotopic (exact) mass is 439 g/mol. The van der Waals surface area contributed by atoms with E-state index in [1.807, 2.05) is 27.7 Å². The van der Waals surface area contributed by atoms with Crippen LogP contribution < -0.4 is 0 Å². The van der Waals surface area contributed by atoms with Gasteiger partial charge in [-0.2, -0.15) is 0 Å². The van der Waals surface area contributed by atoms with Crippen molar-refractivity contribution in [1.82, 2.24) is 4.98 Å². The summed E-state index contributed by atoms with van der Waals surface area (Å²) in [5.74, 6) is -1.31. The van der Waals surface area contributed by atoms with Crippen LogP contribution in [0.5, 0.6) is 0 Å². The van der Waals surface area contributed by atoms with Gasteiger partial charge in [0.05, 0.1) is 23.8 Å². The van der Waals surface area contributed by atoms with E-state index >= 15 is 0 Å². The fourth-order valence-corrected chi connectivity index (χ4v) is 6.23. The third-order valence-corrected chi connectivity index (χ3v) is 8.20. The fourth-order valence-electron chi connectivity index (χ4n) is 3.57. The SMILES string of the molecule is CC(C)c1cc(F)cc(C(C)C)c1CC(=O)CS(=O)(=O)c1nc2c(s1)COCC2. The van der Waals surface area contributed by atoms with Crippen LogP contribution in [0.4, 0.5) is 4.39 Å². The molecule has 0 atom stereocenters. The molecule has 2 aromatic rings. The number of benzene rings is 1. The zero-order chi connectivity index (χ0) is 21.3. The maximum absolute atomic E-state index is 14.1. The molecule has 2 heterocycles. The van der Waals surface area contributed by atoms with E-state index in [4.69, 9.17) is 4.74 Å². The van der Waals surface area contributed by atoms with Crippen molar-refractivity contribution in [1.29, 1.82) is 0 Å². The van der Waals surface area contributed by atoms with Crippen molar-refractivity contribution in [2.24, 2.45) is 0 Å². The molecule has 3 rings (SSSR count). The summed E-state index contributed by atoms with van der Waals surface area (Å²) in [5, 5.41) is 0. The zero-order valence-corrected chi connectivity index (χ0v) is 18.8. The number of hydrogen-bond donors (Lipinski definition) is 0. The minimum Gasteiger partial charge on any atom is -0.375 e. The molecule has 158 valence electrons. The van der Waals surface area contributed by atoms with Crippen molar-refractivity contribution >= 4 is 27.0 Å². The summed E-state index contributed by atoms with van der Waals surface area (Å²) in [4.78, 5) is 17.8. The van der Waals surface area contributed by atoms with Gasteiger partial charge in [0.2, 0.25) is 14.2 Å². The number of carbonyl (C=O) groups excluding carboxylic acids is 1. The van der Waals surface area contributed by atoms with Gasteiger partial charge >= 0.3 is 0 Å². The molecular weight excluding hydrogens is 413 g/mol. The molecule has 0 fully saturated rings. The Morgan fingerprint density at radius 2 is 1.83 bits per heavy atom. The highest BCUT2D eigenvalue weighted by molar-refractivity contribution is 7.94.